The van der Waals surface area contributed by atoms with Crippen molar-refractivity contribution >= 4 is 28.3 Å². The molecule has 4 heteroatoms. The smallest absolute Gasteiger partial charge is 0.202 e. The van der Waals surface area contributed by atoms with Crippen LogP contribution in [0.25, 0.3) is 22.0 Å². The number of hydrogen-bond donors (Lipinski definition) is 0. The lowest BCUT2D eigenvalue weighted by atomic mass is 9.96. The van der Waals surface area contributed by atoms with E-state index < -0.39 is 0 Å². The molecule has 0 saturated heterocycles. The first-order valence-electron chi connectivity index (χ1n) is 9.70. The molecule has 29 heavy (non-hydrogen) atoms. The van der Waals surface area contributed by atoms with E-state index in [4.69, 9.17) is 16.4 Å². The van der Waals surface area contributed by atoms with Gasteiger partial charge < -0.3 is 4.84 Å². The molecular formula is C25H22ClNO2. The lowest BCUT2D eigenvalue weighted by molar-refractivity contribution is 0.0724. The summed E-state index contributed by atoms with van der Waals surface area (Å²) < 4.78 is 1.78. The fraction of sp³-hybridized carbons (Fsp3) is 0.160. The first-order valence-corrected chi connectivity index (χ1v) is 10.1. The summed E-state index contributed by atoms with van der Waals surface area (Å²) in [6.07, 6.45) is 0.949. The van der Waals surface area contributed by atoms with Gasteiger partial charge in [-0.15, -0.1) is 0 Å². The maximum atomic E-state index is 12.6. The molecule has 0 aliphatic rings. The van der Waals surface area contributed by atoms with Gasteiger partial charge in [0.25, 0.3) is 0 Å². The molecule has 0 radical (unpaired) electrons. The number of fused-ring (bicyclic) bond motifs is 1. The second-order valence-corrected chi connectivity index (χ2v) is 7.42. The number of halogens is 1. The monoisotopic (exact) mass is 403 g/mol. The Balaban J connectivity index is 1.73. The Morgan fingerprint density at radius 1 is 0.966 bits per heavy atom. The van der Waals surface area contributed by atoms with E-state index in [2.05, 4.69) is 37.3 Å². The highest BCUT2D eigenvalue weighted by atomic mass is 35.5. The van der Waals surface area contributed by atoms with Gasteiger partial charge in [0.15, 0.2) is 6.61 Å². The molecule has 4 rings (SSSR count). The van der Waals surface area contributed by atoms with Crippen molar-refractivity contribution in [2.75, 3.05) is 6.61 Å². The van der Waals surface area contributed by atoms with E-state index in [1.54, 1.807) is 29.0 Å². The largest absolute Gasteiger partial charge is 0.405 e. The predicted octanol–water partition coefficient (Wildman–Crippen LogP) is 6.14. The van der Waals surface area contributed by atoms with Crippen LogP contribution >= 0.6 is 11.6 Å². The number of para-hydroxylation sites is 1. The molecule has 0 aliphatic heterocycles. The Morgan fingerprint density at radius 3 is 2.41 bits per heavy atom. The normalized spacial score (nSPS) is 11.0. The molecule has 0 N–H and O–H groups in total. The van der Waals surface area contributed by atoms with Crippen LogP contribution in [0.1, 0.15) is 28.5 Å². The van der Waals surface area contributed by atoms with Gasteiger partial charge >= 0.3 is 0 Å². The van der Waals surface area contributed by atoms with E-state index in [-0.39, 0.29) is 12.4 Å². The van der Waals surface area contributed by atoms with E-state index in [0.717, 1.165) is 28.6 Å². The van der Waals surface area contributed by atoms with Gasteiger partial charge in [0.1, 0.15) is 0 Å². The van der Waals surface area contributed by atoms with Gasteiger partial charge in [0.2, 0.25) is 5.78 Å². The maximum absolute atomic E-state index is 12.6. The quantitative estimate of drug-likeness (QED) is 0.362. The molecule has 0 spiro atoms. The molecule has 1 heterocycles. The van der Waals surface area contributed by atoms with Crippen molar-refractivity contribution in [1.82, 2.24) is 4.73 Å². The van der Waals surface area contributed by atoms with Crippen molar-refractivity contribution in [3.63, 3.8) is 0 Å². The number of aryl methyl sites for hydroxylation is 1. The summed E-state index contributed by atoms with van der Waals surface area (Å²) in [5.74, 6) is -0.0886. The number of nitrogens with zero attached hydrogens (tertiary/aromatic N) is 1. The minimum atomic E-state index is -0.0886. The number of carbonyl (C=O) groups is 1. The van der Waals surface area contributed by atoms with Crippen LogP contribution in [0.15, 0.2) is 72.8 Å². The first kappa shape index (κ1) is 19.3. The van der Waals surface area contributed by atoms with Gasteiger partial charge in [0, 0.05) is 21.5 Å². The summed E-state index contributed by atoms with van der Waals surface area (Å²) >= 11 is 5.91. The second-order valence-electron chi connectivity index (χ2n) is 6.99. The zero-order chi connectivity index (χ0) is 20.4. The van der Waals surface area contributed by atoms with Gasteiger partial charge in [-0.25, -0.2) is 0 Å². The molecule has 0 bridgehead atoms. The van der Waals surface area contributed by atoms with Gasteiger partial charge in [-0.05, 0) is 54.8 Å². The molecule has 146 valence electrons. The fourth-order valence-corrected chi connectivity index (χ4v) is 3.89. The van der Waals surface area contributed by atoms with Crippen LogP contribution in [0.3, 0.4) is 0 Å². The molecule has 0 aliphatic carbocycles. The molecule has 1 aromatic heterocycles. The van der Waals surface area contributed by atoms with E-state index in [1.807, 2.05) is 25.1 Å². The molecule has 0 amide bonds. The first-order chi connectivity index (χ1) is 14.1. The zero-order valence-corrected chi connectivity index (χ0v) is 17.2. The summed E-state index contributed by atoms with van der Waals surface area (Å²) in [5.41, 5.74) is 6.16. The Bertz CT molecular complexity index is 1180. The summed E-state index contributed by atoms with van der Waals surface area (Å²) in [6, 6.07) is 23.4. The highest BCUT2D eigenvalue weighted by Gasteiger charge is 2.19. The summed E-state index contributed by atoms with van der Waals surface area (Å²) in [6.45, 7) is 4.15. The third-order valence-electron chi connectivity index (χ3n) is 5.22. The van der Waals surface area contributed by atoms with Gasteiger partial charge in [-0.2, -0.15) is 4.73 Å². The Labute approximate surface area is 175 Å². The summed E-state index contributed by atoms with van der Waals surface area (Å²) in [5, 5.41) is 1.72. The summed E-state index contributed by atoms with van der Waals surface area (Å²) in [4.78, 5) is 18.6. The third-order valence-corrected chi connectivity index (χ3v) is 5.47. The van der Waals surface area contributed by atoms with Crippen molar-refractivity contribution in [3.05, 3.63) is 94.6 Å². The number of ketones is 1. The number of aromatic nitrogens is 1. The minimum Gasteiger partial charge on any atom is -0.405 e. The third kappa shape index (κ3) is 3.66. The Morgan fingerprint density at radius 2 is 1.66 bits per heavy atom. The Kier molecular flexibility index (Phi) is 5.41. The van der Waals surface area contributed by atoms with Crippen LogP contribution in [0.4, 0.5) is 0 Å². The van der Waals surface area contributed by atoms with Crippen LogP contribution in [-0.4, -0.2) is 17.1 Å². The average molecular weight is 404 g/mol. The number of rotatable bonds is 6. The molecule has 0 atom stereocenters. The molecule has 3 nitrogen and oxygen atoms in total. The van der Waals surface area contributed by atoms with Crippen LogP contribution in [-0.2, 0) is 6.42 Å². The number of Topliss-reactive ketones (excluding diaryl/α,β-unsaturated/α-hetero) is 1. The van der Waals surface area contributed by atoms with Crippen molar-refractivity contribution in [2.24, 2.45) is 0 Å². The van der Waals surface area contributed by atoms with Crippen LogP contribution in [0, 0.1) is 6.92 Å². The SMILES string of the molecule is CCc1ccccc1-c1c(C)n(OCC(=O)c2ccc(Cl)cc2)c2ccccc12. The molecule has 0 saturated carbocycles. The highest BCUT2D eigenvalue weighted by molar-refractivity contribution is 6.30. The van der Waals surface area contributed by atoms with E-state index >= 15 is 0 Å². The molecule has 0 unspecified atom stereocenters. The summed E-state index contributed by atoms with van der Waals surface area (Å²) in [7, 11) is 0. The molecule has 0 fully saturated rings. The number of hydrogen-bond acceptors (Lipinski definition) is 2. The topological polar surface area (TPSA) is 31.2 Å². The molecular weight excluding hydrogens is 382 g/mol. The average Bonchev–Trinajstić information content (AvgIpc) is 3.03. The lowest BCUT2D eigenvalue weighted by Gasteiger charge is -2.11. The van der Waals surface area contributed by atoms with E-state index in [1.165, 1.54) is 11.1 Å². The van der Waals surface area contributed by atoms with Gasteiger partial charge in [-0.1, -0.05) is 61.0 Å². The van der Waals surface area contributed by atoms with Crippen molar-refractivity contribution in [2.45, 2.75) is 20.3 Å². The predicted molar refractivity (Wildman–Crippen MR) is 119 cm³/mol. The minimum absolute atomic E-state index is 0.0456. The van der Waals surface area contributed by atoms with Crippen LogP contribution < -0.4 is 4.84 Å². The standard InChI is InChI=1S/C25H22ClNO2/c1-3-18-8-4-5-9-21(18)25-17(2)27(23-11-7-6-10-22(23)25)29-16-24(28)19-12-14-20(26)15-13-19/h4-15H,3,16H2,1-2H3. The van der Waals surface area contributed by atoms with E-state index in [9.17, 15) is 4.79 Å². The van der Waals surface area contributed by atoms with Crippen molar-refractivity contribution in [1.29, 1.82) is 0 Å². The Hall–Kier alpha value is -3.04. The van der Waals surface area contributed by atoms with Crippen molar-refractivity contribution < 1.29 is 9.63 Å². The lowest BCUT2D eigenvalue weighted by Crippen LogP contribution is -2.21. The second kappa shape index (κ2) is 8.14. The van der Waals surface area contributed by atoms with Crippen molar-refractivity contribution in [3.8, 4) is 11.1 Å². The maximum Gasteiger partial charge on any atom is 0.202 e. The highest BCUT2D eigenvalue weighted by Crippen LogP contribution is 2.36. The fourth-order valence-electron chi connectivity index (χ4n) is 3.76. The molecule has 4 aromatic rings. The number of benzene rings is 3. The van der Waals surface area contributed by atoms with Crippen LogP contribution in [0.5, 0.6) is 0 Å². The number of carbonyl (C=O) groups excluding carboxylic acids is 1. The van der Waals surface area contributed by atoms with Gasteiger partial charge in [-0.3, -0.25) is 4.79 Å². The zero-order valence-electron chi connectivity index (χ0n) is 16.5. The van der Waals surface area contributed by atoms with Crippen LogP contribution in [0.2, 0.25) is 5.02 Å². The molecule has 3 aromatic carbocycles. The van der Waals surface area contributed by atoms with Gasteiger partial charge in [0.05, 0.1) is 11.2 Å². The van der Waals surface area contributed by atoms with E-state index in [0.29, 0.717) is 10.6 Å².